The lowest BCUT2D eigenvalue weighted by Gasteiger charge is -2.06. The van der Waals surface area contributed by atoms with Crippen LogP contribution in [0.4, 0.5) is 0 Å². The molecule has 20 heavy (non-hydrogen) atoms. The first-order valence-corrected chi connectivity index (χ1v) is 7.05. The third-order valence-electron chi connectivity index (χ3n) is 3.08. The summed E-state index contributed by atoms with van der Waals surface area (Å²) in [5.41, 5.74) is 0.623. The monoisotopic (exact) mass is 296 g/mol. The lowest BCUT2D eigenvalue weighted by molar-refractivity contribution is -0.138. The van der Waals surface area contributed by atoms with Crippen LogP contribution in [0.3, 0.4) is 0 Å². The highest BCUT2D eigenvalue weighted by atomic mass is 35.5. The molecule has 1 N–H and O–H groups in total. The number of Topliss-reactive ketones (excluding diaryl/α,β-unsaturated/α-hetero) is 1. The van der Waals surface area contributed by atoms with E-state index in [1.165, 1.54) is 6.92 Å². The zero-order chi connectivity index (χ0) is 14.7. The van der Waals surface area contributed by atoms with Gasteiger partial charge in [-0.15, -0.1) is 0 Å². The van der Waals surface area contributed by atoms with Crippen LogP contribution in [0.1, 0.15) is 43.0 Å². The van der Waals surface area contributed by atoms with E-state index in [2.05, 4.69) is 0 Å². The van der Waals surface area contributed by atoms with E-state index in [1.54, 1.807) is 18.2 Å². The van der Waals surface area contributed by atoms with Gasteiger partial charge < -0.3 is 9.84 Å². The minimum Gasteiger partial charge on any atom is -0.489 e. The molecule has 0 saturated heterocycles. The van der Waals surface area contributed by atoms with Gasteiger partial charge in [0.1, 0.15) is 5.75 Å². The van der Waals surface area contributed by atoms with Crippen LogP contribution in [-0.2, 0) is 4.79 Å². The zero-order valence-corrected chi connectivity index (χ0v) is 12.0. The van der Waals surface area contributed by atoms with Crippen molar-refractivity contribution < 1.29 is 19.4 Å². The molecular weight excluding hydrogens is 280 g/mol. The highest BCUT2D eigenvalue weighted by Crippen LogP contribution is 2.32. The van der Waals surface area contributed by atoms with Crippen molar-refractivity contribution in [3.05, 3.63) is 28.8 Å². The Kier molecular flexibility index (Phi) is 4.65. The summed E-state index contributed by atoms with van der Waals surface area (Å²) < 4.78 is 5.55. The van der Waals surface area contributed by atoms with E-state index in [4.69, 9.17) is 21.4 Å². The van der Waals surface area contributed by atoms with Crippen LogP contribution < -0.4 is 4.74 Å². The quantitative estimate of drug-likeness (QED) is 0.863. The fraction of sp³-hybridized carbons (Fsp3) is 0.467. The van der Waals surface area contributed by atoms with Crippen molar-refractivity contribution in [3.8, 4) is 5.75 Å². The third kappa shape index (κ3) is 4.53. The maximum Gasteiger partial charge on any atom is 0.306 e. The Bertz CT molecular complexity index is 519. The Morgan fingerprint density at radius 1 is 1.25 bits per heavy atom. The van der Waals surface area contributed by atoms with Crippen LogP contribution in [0.5, 0.6) is 5.75 Å². The maximum absolute atomic E-state index is 11.0. The SMILES string of the molecule is CC(=O)c1ccc(OC2CC2)c(Cl)c1.O=C(O)C1CC1. The van der Waals surface area contributed by atoms with Crippen molar-refractivity contribution >= 4 is 23.4 Å². The van der Waals surface area contributed by atoms with E-state index in [0.717, 1.165) is 25.7 Å². The third-order valence-corrected chi connectivity index (χ3v) is 3.38. The van der Waals surface area contributed by atoms with Crippen LogP contribution in [0.2, 0.25) is 5.02 Å². The van der Waals surface area contributed by atoms with Crippen molar-refractivity contribution in [1.29, 1.82) is 0 Å². The van der Waals surface area contributed by atoms with Crippen molar-refractivity contribution in [3.63, 3.8) is 0 Å². The Morgan fingerprint density at radius 2 is 1.90 bits per heavy atom. The molecule has 0 radical (unpaired) electrons. The number of carbonyl (C=O) groups excluding carboxylic acids is 1. The molecule has 108 valence electrons. The molecule has 0 heterocycles. The molecule has 0 atom stereocenters. The van der Waals surface area contributed by atoms with E-state index < -0.39 is 5.97 Å². The van der Waals surface area contributed by atoms with Crippen molar-refractivity contribution in [2.45, 2.75) is 38.7 Å². The average molecular weight is 297 g/mol. The number of carboxylic acid groups (broad SMARTS) is 1. The molecule has 0 bridgehead atoms. The van der Waals surface area contributed by atoms with Gasteiger partial charge in [-0.1, -0.05) is 11.6 Å². The van der Waals surface area contributed by atoms with Gasteiger partial charge in [0.15, 0.2) is 5.78 Å². The summed E-state index contributed by atoms with van der Waals surface area (Å²) in [6.07, 6.45) is 4.33. The van der Waals surface area contributed by atoms with Gasteiger partial charge in [-0.05, 0) is 50.8 Å². The number of carbonyl (C=O) groups is 2. The van der Waals surface area contributed by atoms with Gasteiger partial charge in [0.25, 0.3) is 0 Å². The van der Waals surface area contributed by atoms with E-state index in [0.29, 0.717) is 22.4 Å². The summed E-state index contributed by atoms with van der Waals surface area (Å²) in [5.74, 6) is 0.0871. The van der Waals surface area contributed by atoms with Gasteiger partial charge in [-0.2, -0.15) is 0 Å². The Labute approximate surface area is 122 Å². The minimum atomic E-state index is -0.630. The second kappa shape index (κ2) is 6.27. The molecule has 0 aromatic heterocycles. The summed E-state index contributed by atoms with van der Waals surface area (Å²) in [4.78, 5) is 20.8. The fourth-order valence-corrected chi connectivity index (χ4v) is 1.74. The van der Waals surface area contributed by atoms with Crippen molar-refractivity contribution in [1.82, 2.24) is 0 Å². The number of benzene rings is 1. The maximum atomic E-state index is 11.0. The van der Waals surface area contributed by atoms with Gasteiger partial charge in [-0.3, -0.25) is 9.59 Å². The molecule has 2 aliphatic rings. The predicted octanol–water partition coefficient (Wildman–Crippen LogP) is 3.56. The number of ether oxygens (including phenoxy) is 1. The molecular formula is C15H17ClO4. The molecule has 0 aliphatic heterocycles. The lowest BCUT2D eigenvalue weighted by Crippen LogP contribution is -1.98. The van der Waals surface area contributed by atoms with Crippen LogP contribution in [-0.4, -0.2) is 23.0 Å². The zero-order valence-electron chi connectivity index (χ0n) is 11.3. The smallest absolute Gasteiger partial charge is 0.306 e. The summed E-state index contributed by atoms with van der Waals surface area (Å²) in [6.45, 7) is 1.52. The van der Waals surface area contributed by atoms with E-state index in [-0.39, 0.29) is 11.7 Å². The van der Waals surface area contributed by atoms with E-state index in [9.17, 15) is 9.59 Å². The summed E-state index contributed by atoms with van der Waals surface area (Å²) >= 11 is 5.97. The number of hydrogen-bond donors (Lipinski definition) is 1. The standard InChI is InChI=1S/C11H11ClO2.C4H6O2/c1-7(13)8-2-5-11(10(12)6-8)14-9-3-4-9;5-4(6)3-1-2-3/h2,5-6,9H,3-4H2,1H3;3H,1-2H2,(H,5,6). The average Bonchev–Trinajstić information content (AvgIpc) is 3.26. The Balaban J connectivity index is 0.000000205. The van der Waals surface area contributed by atoms with Gasteiger partial charge in [-0.25, -0.2) is 0 Å². The van der Waals surface area contributed by atoms with Crippen LogP contribution in [0.15, 0.2) is 18.2 Å². The molecule has 4 nitrogen and oxygen atoms in total. The first kappa shape index (κ1) is 14.9. The number of carboxylic acids is 1. The van der Waals surface area contributed by atoms with Gasteiger partial charge >= 0.3 is 5.97 Å². The topological polar surface area (TPSA) is 63.6 Å². The first-order valence-electron chi connectivity index (χ1n) is 6.67. The summed E-state index contributed by atoms with van der Waals surface area (Å²) in [6, 6.07) is 5.16. The molecule has 5 heteroatoms. The first-order chi connectivity index (χ1) is 9.47. The number of rotatable bonds is 4. The predicted molar refractivity (Wildman–Crippen MR) is 75.5 cm³/mol. The number of hydrogen-bond acceptors (Lipinski definition) is 3. The Morgan fingerprint density at radius 3 is 2.25 bits per heavy atom. The normalized spacial score (nSPS) is 16.9. The van der Waals surface area contributed by atoms with Crippen LogP contribution in [0.25, 0.3) is 0 Å². The molecule has 0 spiro atoms. The molecule has 2 saturated carbocycles. The molecule has 1 aromatic rings. The van der Waals surface area contributed by atoms with Gasteiger partial charge in [0.05, 0.1) is 17.0 Å². The molecule has 0 amide bonds. The summed E-state index contributed by atoms with van der Waals surface area (Å²) in [5, 5.41) is 8.57. The molecule has 1 aromatic carbocycles. The highest BCUT2D eigenvalue weighted by Gasteiger charge is 2.28. The van der Waals surface area contributed by atoms with Crippen molar-refractivity contribution in [2.24, 2.45) is 5.92 Å². The highest BCUT2D eigenvalue weighted by molar-refractivity contribution is 6.32. The Hall–Kier alpha value is -1.55. The summed E-state index contributed by atoms with van der Waals surface area (Å²) in [7, 11) is 0. The van der Waals surface area contributed by atoms with Gasteiger partial charge in [0, 0.05) is 5.56 Å². The number of aliphatic carboxylic acids is 1. The molecule has 2 fully saturated rings. The van der Waals surface area contributed by atoms with Crippen LogP contribution >= 0.6 is 11.6 Å². The van der Waals surface area contributed by atoms with Crippen molar-refractivity contribution in [2.75, 3.05) is 0 Å². The van der Waals surface area contributed by atoms with E-state index >= 15 is 0 Å². The molecule has 0 unspecified atom stereocenters. The van der Waals surface area contributed by atoms with Gasteiger partial charge in [0.2, 0.25) is 0 Å². The van der Waals surface area contributed by atoms with E-state index in [1.807, 2.05) is 0 Å². The molecule has 2 aliphatic carbocycles. The largest absolute Gasteiger partial charge is 0.489 e. The number of halogens is 1. The second-order valence-corrected chi connectivity index (χ2v) is 5.54. The number of ketones is 1. The minimum absolute atomic E-state index is 0.0184. The molecule has 3 rings (SSSR count). The van der Waals surface area contributed by atoms with Crippen LogP contribution in [0, 0.1) is 5.92 Å². The fourth-order valence-electron chi connectivity index (χ4n) is 1.51. The lowest BCUT2D eigenvalue weighted by atomic mass is 10.1. The second-order valence-electron chi connectivity index (χ2n) is 5.13.